The van der Waals surface area contributed by atoms with Gasteiger partial charge in [-0.25, -0.2) is 4.39 Å². The first-order valence-electron chi connectivity index (χ1n) is 7.07. The normalized spacial score (nSPS) is 14.5. The van der Waals surface area contributed by atoms with Crippen LogP contribution < -0.4 is 5.32 Å². The molecule has 0 aromatic heterocycles. The maximum absolute atomic E-state index is 14.0. The summed E-state index contributed by atoms with van der Waals surface area (Å²) in [6.07, 6.45) is 3.40. The maximum Gasteiger partial charge on any atom is 0.128 e. The van der Waals surface area contributed by atoms with Gasteiger partial charge >= 0.3 is 0 Å². The van der Waals surface area contributed by atoms with Gasteiger partial charge in [0.2, 0.25) is 0 Å². The molecular weight excluding hydrogens is 225 g/mol. The van der Waals surface area contributed by atoms with Gasteiger partial charge in [-0.1, -0.05) is 45.7 Å². The summed E-state index contributed by atoms with van der Waals surface area (Å²) in [6, 6.07) is 5.69. The number of hydrogen-bond acceptors (Lipinski definition) is 1. The molecule has 0 saturated heterocycles. The van der Waals surface area contributed by atoms with Crippen LogP contribution in [0.2, 0.25) is 0 Å². The van der Waals surface area contributed by atoms with Gasteiger partial charge in [-0.2, -0.15) is 0 Å². The maximum atomic E-state index is 14.0. The van der Waals surface area contributed by atoms with Gasteiger partial charge in [-0.15, -0.1) is 0 Å². The van der Waals surface area contributed by atoms with Gasteiger partial charge in [0.1, 0.15) is 5.82 Å². The summed E-state index contributed by atoms with van der Waals surface area (Å²) in [5, 5.41) is 3.41. The van der Waals surface area contributed by atoms with Crippen molar-refractivity contribution in [1.82, 2.24) is 5.32 Å². The molecule has 0 radical (unpaired) electrons. The minimum atomic E-state index is -0.0790. The molecule has 0 heterocycles. The summed E-state index contributed by atoms with van der Waals surface area (Å²) in [7, 11) is 0. The smallest absolute Gasteiger partial charge is 0.128 e. The van der Waals surface area contributed by atoms with E-state index in [4.69, 9.17) is 0 Å². The molecule has 0 saturated carbocycles. The zero-order chi connectivity index (χ0) is 13.5. The third kappa shape index (κ3) is 4.41. The minimum Gasteiger partial charge on any atom is -0.310 e. The first-order chi connectivity index (χ1) is 8.58. The van der Waals surface area contributed by atoms with Gasteiger partial charge in [-0.05, 0) is 37.4 Å². The van der Waals surface area contributed by atoms with Crippen LogP contribution in [0.5, 0.6) is 0 Å². The largest absolute Gasteiger partial charge is 0.310 e. The summed E-state index contributed by atoms with van der Waals surface area (Å²) in [4.78, 5) is 0. The molecule has 102 valence electrons. The fraction of sp³-hybridized carbons (Fsp3) is 0.625. The van der Waals surface area contributed by atoms with Crippen molar-refractivity contribution in [2.24, 2.45) is 5.92 Å². The molecule has 1 aromatic carbocycles. The highest BCUT2D eigenvalue weighted by Crippen LogP contribution is 2.26. The van der Waals surface area contributed by atoms with E-state index in [2.05, 4.69) is 26.1 Å². The van der Waals surface area contributed by atoms with E-state index in [1.165, 1.54) is 12.8 Å². The monoisotopic (exact) mass is 251 g/mol. The Bertz CT molecular complexity index is 362. The molecule has 2 atom stereocenters. The van der Waals surface area contributed by atoms with Crippen LogP contribution in [0.15, 0.2) is 18.2 Å². The molecular formula is C16H26FN. The number of rotatable bonds is 7. The van der Waals surface area contributed by atoms with Crippen molar-refractivity contribution >= 4 is 0 Å². The van der Waals surface area contributed by atoms with E-state index in [0.717, 1.165) is 24.1 Å². The summed E-state index contributed by atoms with van der Waals surface area (Å²) < 4.78 is 14.0. The lowest BCUT2D eigenvalue weighted by atomic mass is 9.92. The van der Waals surface area contributed by atoms with Gasteiger partial charge in [-0.3, -0.25) is 0 Å². The lowest BCUT2D eigenvalue weighted by Gasteiger charge is -2.22. The van der Waals surface area contributed by atoms with Crippen LogP contribution in [0, 0.1) is 18.7 Å². The van der Waals surface area contributed by atoms with Crippen LogP contribution in [0.4, 0.5) is 4.39 Å². The number of nitrogens with one attached hydrogen (secondary N) is 1. The van der Waals surface area contributed by atoms with Crippen LogP contribution in [-0.2, 0) is 0 Å². The van der Waals surface area contributed by atoms with Crippen molar-refractivity contribution in [3.63, 3.8) is 0 Å². The molecule has 0 aliphatic heterocycles. The van der Waals surface area contributed by atoms with Crippen molar-refractivity contribution in [1.29, 1.82) is 0 Å². The average Bonchev–Trinajstić information content (AvgIpc) is 2.29. The fourth-order valence-corrected chi connectivity index (χ4v) is 2.49. The van der Waals surface area contributed by atoms with E-state index in [9.17, 15) is 4.39 Å². The van der Waals surface area contributed by atoms with Crippen LogP contribution in [-0.4, -0.2) is 6.54 Å². The first-order valence-corrected chi connectivity index (χ1v) is 7.07. The number of hydrogen-bond donors (Lipinski definition) is 1. The highest BCUT2D eigenvalue weighted by Gasteiger charge is 2.17. The van der Waals surface area contributed by atoms with Crippen LogP contribution in [0.3, 0.4) is 0 Å². The zero-order valence-electron chi connectivity index (χ0n) is 12.1. The van der Waals surface area contributed by atoms with Gasteiger partial charge in [0.25, 0.3) is 0 Å². The van der Waals surface area contributed by atoms with Crippen molar-refractivity contribution in [2.75, 3.05) is 6.54 Å². The van der Waals surface area contributed by atoms with Crippen LogP contribution in [0.25, 0.3) is 0 Å². The first kappa shape index (κ1) is 15.2. The van der Waals surface area contributed by atoms with E-state index in [0.29, 0.717) is 5.92 Å². The van der Waals surface area contributed by atoms with E-state index in [1.807, 2.05) is 19.1 Å². The quantitative estimate of drug-likeness (QED) is 0.746. The average molecular weight is 251 g/mol. The molecule has 2 unspecified atom stereocenters. The molecule has 0 fully saturated rings. The second-order valence-corrected chi connectivity index (χ2v) is 5.26. The molecule has 1 aromatic rings. The highest BCUT2D eigenvalue weighted by atomic mass is 19.1. The molecule has 0 bridgehead atoms. The topological polar surface area (TPSA) is 12.0 Å². The molecule has 2 heteroatoms. The summed E-state index contributed by atoms with van der Waals surface area (Å²) in [5.41, 5.74) is 1.79. The van der Waals surface area contributed by atoms with Crippen molar-refractivity contribution in [3.8, 4) is 0 Å². The fourth-order valence-electron chi connectivity index (χ4n) is 2.49. The van der Waals surface area contributed by atoms with E-state index < -0.39 is 0 Å². The molecule has 0 aliphatic rings. The number of benzene rings is 1. The van der Waals surface area contributed by atoms with Crippen molar-refractivity contribution in [2.45, 2.75) is 53.0 Å². The van der Waals surface area contributed by atoms with Gasteiger partial charge in [0.05, 0.1) is 0 Å². The summed E-state index contributed by atoms with van der Waals surface area (Å²) in [6.45, 7) is 9.32. The van der Waals surface area contributed by atoms with Gasteiger partial charge in [0.15, 0.2) is 0 Å². The molecule has 1 N–H and O–H groups in total. The van der Waals surface area contributed by atoms with Crippen molar-refractivity contribution < 1.29 is 4.39 Å². The minimum absolute atomic E-state index is 0.0790. The van der Waals surface area contributed by atoms with Gasteiger partial charge < -0.3 is 5.32 Å². The predicted molar refractivity (Wildman–Crippen MR) is 76.2 cm³/mol. The molecule has 18 heavy (non-hydrogen) atoms. The lowest BCUT2D eigenvalue weighted by molar-refractivity contribution is 0.386. The molecule has 0 aliphatic carbocycles. The standard InChI is InChI=1S/C16H26FN/c1-5-7-12(3)11-16(18-6-2)14-9-8-13(4)10-15(14)17/h8-10,12,16,18H,5-7,11H2,1-4H3. The van der Waals surface area contributed by atoms with Crippen LogP contribution >= 0.6 is 0 Å². The molecule has 0 amide bonds. The third-order valence-electron chi connectivity index (χ3n) is 3.40. The predicted octanol–water partition coefficient (Wildman–Crippen LogP) is 4.61. The second-order valence-electron chi connectivity index (χ2n) is 5.26. The second kappa shape index (κ2) is 7.52. The highest BCUT2D eigenvalue weighted by molar-refractivity contribution is 5.26. The van der Waals surface area contributed by atoms with E-state index in [-0.39, 0.29) is 11.9 Å². The van der Waals surface area contributed by atoms with E-state index in [1.54, 1.807) is 6.07 Å². The summed E-state index contributed by atoms with van der Waals surface area (Å²) in [5.74, 6) is 0.546. The zero-order valence-corrected chi connectivity index (χ0v) is 12.1. The van der Waals surface area contributed by atoms with Gasteiger partial charge in [0, 0.05) is 11.6 Å². The van der Waals surface area contributed by atoms with E-state index >= 15 is 0 Å². The molecule has 1 nitrogen and oxygen atoms in total. The Balaban J connectivity index is 2.82. The van der Waals surface area contributed by atoms with Crippen molar-refractivity contribution in [3.05, 3.63) is 35.1 Å². The Labute approximate surface area is 111 Å². The molecule has 1 rings (SSSR count). The Morgan fingerprint density at radius 1 is 1.28 bits per heavy atom. The SMILES string of the molecule is CCCC(C)CC(NCC)c1ccc(C)cc1F. The number of aryl methyl sites for hydroxylation is 1. The Morgan fingerprint density at radius 3 is 2.56 bits per heavy atom. The Kier molecular flexibility index (Phi) is 6.34. The summed E-state index contributed by atoms with van der Waals surface area (Å²) >= 11 is 0. The number of halogens is 1. The Hall–Kier alpha value is -0.890. The molecule has 0 spiro atoms. The van der Waals surface area contributed by atoms with Crippen LogP contribution in [0.1, 0.15) is 57.2 Å². The third-order valence-corrected chi connectivity index (χ3v) is 3.40. The Morgan fingerprint density at radius 2 is 2.00 bits per heavy atom. The lowest BCUT2D eigenvalue weighted by Crippen LogP contribution is -2.24.